The Hall–Kier alpha value is -0.440. The molecule has 0 saturated carbocycles. The minimum Gasteiger partial charge on any atom is -0.508 e. The van der Waals surface area contributed by atoms with E-state index in [1.807, 2.05) is 0 Å². The third kappa shape index (κ3) is 3.27. The lowest BCUT2D eigenvalue weighted by Gasteiger charge is -2.18. The quantitative estimate of drug-likeness (QED) is 0.876. The fourth-order valence-electron chi connectivity index (χ4n) is 1.63. The SMILES string of the molecule is CCN(CC)CCc1c(O)ccc(Cl)c1Cl. The first kappa shape index (κ1) is 13.6. The molecule has 1 rings (SSSR count). The third-order valence-electron chi connectivity index (χ3n) is 2.74. The summed E-state index contributed by atoms with van der Waals surface area (Å²) in [5.41, 5.74) is 0.737. The van der Waals surface area contributed by atoms with Crippen LogP contribution in [-0.2, 0) is 6.42 Å². The Kier molecular flexibility index (Phi) is 5.39. The highest BCUT2D eigenvalue weighted by molar-refractivity contribution is 6.42. The molecule has 0 aliphatic rings. The van der Waals surface area contributed by atoms with Crippen LogP contribution in [0.4, 0.5) is 0 Å². The third-order valence-corrected chi connectivity index (χ3v) is 3.59. The average Bonchev–Trinajstić information content (AvgIpc) is 2.29. The minimum absolute atomic E-state index is 0.224. The maximum atomic E-state index is 9.71. The Morgan fingerprint density at radius 1 is 1.19 bits per heavy atom. The van der Waals surface area contributed by atoms with Gasteiger partial charge in [-0.25, -0.2) is 0 Å². The number of nitrogens with zero attached hydrogens (tertiary/aromatic N) is 1. The summed E-state index contributed by atoms with van der Waals surface area (Å²) in [6, 6.07) is 3.20. The van der Waals surface area contributed by atoms with Crippen LogP contribution in [0.5, 0.6) is 5.75 Å². The summed E-state index contributed by atoms with van der Waals surface area (Å²) in [5, 5.41) is 10.7. The molecule has 1 N–H and O–H groups in total. The number of aromatic hydroxyl groups is 1. The number of hydrogen-bond acceptors (Lipinski definition) is 2. The van der Waals surface area contributed by atoms with Crippen molar-refractivity contribution in [2.75, 3.05) is 19.6 Å². The Labute approximate surface area is 107 Å². The first-order valence-corrected chi connectivity index (χ1v) is 6.23. The summed E-state index contributed by atoms with van der Waals surface area (Å²) in [4.78, 5) is 2.27. The Morgan fingerprint density at radius 2 is 1.81 bits per heavy atom. The number of phenols is 1. The molecule has 0 amide bonds. The summed E-state index contributed by atoms with van der Waals surface area (Å²) >= 11 is 12.0. The molecule has 0 bridgehead atoms. The molecule has 0 radical (unpaired) electrons. The van der Waals surface area contributed by atoms with Gasteiger partial charge in [0.2, 0.25) is 0 Å². The van der Waals surface area contributed by atoms with Crippen LogP contribution in [0.1, 0.15) is 19.4 Å². The lowest BCUT2D eigenvalue weighted by Crippen LogP contribution is -2.25. The van der Waals surface area contributed by atoms with Gasteiger partial charge in [0.05, 0.1) is 10.0 Å². The van der Waals surface area contributed by atoms with Crippen molar-refractivity contribution in [3.8, 4) is 5.75 Å². The van der Waals surface area contributed by atoms with Gasteiger partial charge >= 0.3 is 0 Å². The van der Waals surface area contributed by atoms with E-state index in [1.165, 1.54) is 0 Å². The van der Waals surface area contributed by atoms with Gasteiger partial charge in [0, 0.05) is 12.1 Å². The minimum atomic E-state index is 0.224. The summed E-state index contributed by atoms with van der Waals surface area (Å²) in [6.07, 6.45) is 0.715. The smallest absolute Gasteiger partial charge is 0.120 e. The maximum absolute atomic E-state index is 9.71. The van der Waals surface area contributed by atoms with Crippen LogP contribution in [0.3, 0.4) is 0 Å². The average molecular weight is 262 g/mol. The Bertz CT molecular complexity index is 351. The molecule has 1 aromatic carbocycles. The van der Waals surface area contributed by atoms with E-state index in [9.17, 15) is 5.11 Å². The zero-order valence-corrected chi connectivity index (χ0v) is 11.1. The summed E-state index contributed by atoms with van der Waals surface area (Å²) < 4.78 is 0. The van der Waals surface area contributed by atoms with Crippen molar-refractivity contribution in [2.45, 2.75) is 20.3 Å². The monoisotopic (exact) mass is 261 g/mol. The molecule has 0 aromatic heterocycles. The van der Waals surface area contributed by atoms with Gasteiger partial charge in [-0.15, -0.1) is 0 Å². The second kappa shape index (κ2) is 6.33. The van der Waals surface area contributed by atoms with E-state index in [-0.39, 0.29) is 5.75 Å². The Morgan fingerprint density at radius 3 is 2.38 bits per heavy atom. The van der Waals surface area contributed by atoms with Crippen molar-refractivity contribution in [1.29, 1.82) is 0 Å². The van der Waals surface area contributed by atoms with Crippen molar-refractivity contribution in [3.05, 3.63) is 27.7 Å². The molecule has 0 atom stereocenters. The number of halogens is 2. The van der Waals surface area contributed by atoms with Crippen molar-refractivity contribution in [2.24, 2.45) is 0 Å². The van der Waals surface area contributed by atoms with E-state index in [0.717, 1.165) is 25.2 Å². The predicted molar refractivity (Wildman–Crippen MR) is 69.6 cm³/mol. The normalized spacial score (nSPS) is 11.1. The van der Waals surface area contributed by atoms with Crippen LogP contribution >= 0.6 is 23.2 Å². The van der Waals surface area contributed by atoms with Gasteiger partial charge in [0.1, 0.15) is 5.75 Å². The molecular weight excluding hydrogens is 245 g/mol. The molecule has 0 fully saturated rings. The highest BCUT2D eigenvalue weighted by Gasteiger charge is 2.11. The number of rotatable bonds is 5. The van der Waals surface area contributed by atoms with Crippen LogP contribution in [0.2, 0.25) is 10.0 Å². The molecular formula is C12H17Cl2NO. The highest BCUT2D eigenvalue weighted by atomic mass is 35.5. The van der Waals surface area contributed by atoms with E-state index in [2.05, 4.69) is 18.7 Å². The van der Waals surface area contributed by atoms with Crippen molar-refractivity contribution in [3.63, 3.8) is 0 Å². The number of benzene rings is 1. The molecule has 1 aromatic rings. The maximum Gasteiger partial charge on any atom is 0.120 e. The molecule has 0 aliphatic heterocycles. The summed E-state index contributed by atoms with van der Waals surface area (Å²) in [7, 11) is 0. The van der Waals surface area contributed by atoms with Crippen molar-refractivity contribution in [1.82, 2.24) is 4.90 Å². The van der Waals surface area contributed by atoms with E-state index in [4.69, 9.17) is 23.2 Å². The lowest BCUT2D eigenvalue weighted by molar-refractivity contribution is 0.306. The van der Waals surface area contributed by atoms with Gasteiger partial charge in [0.25, 0.3) is 0 Å². The molecule has 4 heteroatoms. The van der Waals surface area contributed by atoms with Crippen molar-refractivity contribution >= 4 is 23.2 Å². The first-order valence-electron chi connectivity index (χ1n) is 5.48. The number of hydrogen-bond donors (Lipinski definition) is 1. The van der Waals surface area contributed by atoms with E-state index in [0.29, 0.717) is 16.5 Å². The van der Waals surface area contributed by atoms with Gasteiger partial charge in [0.15, 0.2) is 0 Å². The molecule has 2 nitrogen and oxygen atoms in total. The number of likely N-dealkylation sites (N-methyl/N-ethyl adjacent to an activating group) is 1. The molecule has 0 heterocycles. The fourth-order valence-corrected chi connectivity index (χ4v) is 2.06. The molecule has 0 saturated heterocycles. The van der Waals surface area contributed by atoms with Crippen LogP contribution in [0.25, 0.3) is 0 Å². The van der Waals surface area contributed by atoms with E-state index in [1.54, 1.807) is 12.1 Å². The second-order valence-electron chi connectivity index (χ2n) is 3.64. The summed E-state index contributed by atoms with van der Waals surface area (Å²) in [5.74, 6) is 0.224. The molecule has 16 heavy (non-hydrogen) atoms. The number of phenolic OH excluding ortho intramolecular Hbond substituents is 1. The zero-order chi connectivity index (χ0) is 12.1. The van der Waals surface area contributed by atoms with Crippen LogP contribution in [0.15, 0.2) is 12.1 Å². The standard InChI is InChI=1S/C12H17Cl2NO/c1-3-15(4-2)8-7-9-11(16)6-5-10(13)12(9)14/h5-6,16H,3-4,7-8H2,1-2H3. The first-order chi connectivity index (χ1) is 7.60. The fraction of sp³-hybridized carbons (Fsp3) is 0.500. The molecule has 0 spiro atoms. The van der Waals surface area contributed by atoms with Gasteiger partial charge < -0.3 is 10.0 Å². The van der Waals surface area contributed by atoms with Crippen LogP contribution in [0, 0.1) is 0 Å². The molecule has 0 aliphatic carbocycles. The zero-order valence-electron chi connectivity index (χ0n) is 9.63. The Balaban J connectivity index is 2.77. The van der Waals surface area contributed by atoms with E-state index < -0.39 is 0 Å². The predicted octanol–water partition coefficient (Wildman–Crippen LogP) is 3.58. The van der Waals surface area contributed by atoms with Gasteiger partial charge in [-0.3, -0.25) is 0 Å². The molecule has 0 unspecified atom stereocenters. The summed E-state index contributed by atoms with van der Waals surface area (Å²) in [6.45, 7) is 7.09. The van der Waals surface area contributed by atoms with Crippen LogP contribution < -0.4 is 0 Å². The second-order valence-corrected chi connectivity index (χ2v) is 4.42. The van der Waals surface area contributed by atoms with E-state index >= 15 is 0 Å². The van der Waals surface area contributed by atoms with Gasteiger partial charge in [-0.2, -0.15) is 0 Å². The molecule has 90 valence electrons. The highest BCUT2D eigenvalue weighted by Crippen LogP contribution is 2.32. The van der Waals surface area contributed by atoms with Crippen molar-refractivity contribution < 1.29 is 5.11 Å². The van der Waals surface area contributed by atoms with Crippen LogP contribution in [-0.4, -0.2) is 29.6 Å². The largest absolute Gasteiger partial charge is 0.508 e. The topological polar surface area (TPSA) is 23.5 Å². The van der Waals surface area contributed by atoms with Gasteiger partial charge in [-0.1, -0.05) is 37.0 Å². The lowest BCUT2D eigenvalue weighted by atomic mass is 10.1. The van der Waals surface area contributed by atoms with Gasteiger partial charge in [-0.05, 0) is 31.6 Å².